The van der Waals surface area contributed by atoms with Crippen LogP contribution in [0.2, 0.25) is 0 Å². The highest BCUT2D eigenvalue weighted by Crippen LogP contribution is 2.26. The van der Waals surface area contributed by atoms with Gasteiger partial charge in [-0.15, -0.1) is 13.2 Å². The van der Waals surface area contributed by atoms with E-state index in [9.17, 15) is 22.8 Å². The van der Waals surface area contributed by atoms with Gasteiger partial charge >= 0.3 is 6.36 Å². The van der Waals surface area contributed by atoms with Gasteiger partial charge in [-0.3, -0.25) is 14.6 Å². The van der Waals surface area contributed by atoms with Gasteiger partial charge in [0.05, 0.1) is 29.6 Å². The average Bonchev–Trinajstić information content (AvgIpc) is 3.52. The smallest absolute Gasteiger partial charge is 0.406 e. The van der Waals surface area contributed by atoms with Crippen molar-refractivity contribution in [1.82, 2.24) is 24.9 Å². The number of ketones is 2. The molecule has 0 fully saturated rings. The molecule has 2 aromatic carbocycles. The quantitative estimate of drug-likeness (QED) is 0.284. The van der Waals surface area contributed by atoms with Gasteiger partial charge in [-0.05, 0) is 48.5 Å². The highest BCUT2D eigenvalue weighted by atomic mass is 19.4. The van der Waals surface area contributed by atoms with Crippen molar-refractivity contribution >= 4 is 22.6 Å². The lowest BCUT2D eigenvalue weighted by molar-refractivity contribution is -0.274. The molecule has 0 aliphatic rings. The lowest BCUT2D eigenvalue weighted by Gasteiger charge is -2.09. The van der Waals surface area contributed by atoms with Crippen molar-refractivity contribution in [3.8, 4) is 17.0 Å². The number of halogens is 3. The van der Waals surface area contributed by atoms with Crippen molar-refractivity contribution < 1.29 is 27.5 Å². The van der Waals surface area contributed by atoms with E-state index < -0.39 is 6.36 Å². The van der Waals surface area contributed by atoms with Gasteiger partial charge in [-0.25, -0.2) is 9.97 Å². The van der Waals surface area contributed by atoms with E-state index in [-0.39, 0.29) is 30.2 Å². The SMILES string of the molecule is O=C(Cc1nc2c(C(=O)Cc3ncc[nH]3)cccc2[nH]1)c1ccc(-c2ccc(OC(F)(F)F)cc2)nc1. The number of para-hydroxylation sites is 1. The van der Waals surface area contributed by atoms with Crippen LogP contribution in [0, 0.1) is 0 Å². The van der Waals surface area contributed by atoms with Crippen molar-refractivity contribution in [3.63, 3.8) is 0 Å². The lowest BCUT2D eigenvalue weighted by Crippen LogP contribution is -2.16. The monoisotopic (exact) mass is 505 g/mol. The molecule has 8 nitrogen and oxygen atoms in total. The molecule has 2 N–H and O–H groups in total. The summed E-state index contributed by atoms with van der Waals surface area (Å²) in [5.74, 6) is 0.231. The summed E-state index contributed by atoms with van der Waals surface area (Å²) >= 11 is 0. The van der Waals surface area contributed by atoms with Crippen molar-refractivity contribution in [1.29, 1.82) is 0 Å². The van der Waals surface area contributed by atoms with Crippen LogP contribution in [0.4, 0.5) is 13.2 Å². The predicted molar refractivity (Wildman–Crippen MR) is 127 cm³/mol. The zero-order chi connectivity index (χ0) is 26.0. The van der Waals surface area contributed by atoms with Crippen LogP contribution < -0.4 is 4.74 Å². The number of rotatable bonds is 8. The molecule has 0 aliphatic heterocycles. The summed E-state index contributed by atoms with van der Waals surface area (Å²) in [6.45, 7) is 0. The summed E-state index contributed by atoms with van der Waals surface area (Å²) in [4.78, 5) is 44.4. The van der Waals surface area contributed by atoms with E-state index in [1.54, 1.807) is 42.7 Å². The summed E-state index contributed by atoms with van der Waals surface area (Å²) in [6, 6.07) is 13.7. The van der Waals surface area contributed by atoms with Gasteiger partial charge < -0.3 is 14.7 Å². The van der Waals surface area contributed by atoms with E-state index in [0.717, 1.165) is 0 Å². The van der Waals surface area contributed by atoms with Crippen molar-refractivity contribution in [2.45, 2.75) is 19.2 Å². The van der Waals surface area contributed by atoms with Crippen LogP contribution in [0.1, 0.15) is 32.4 Å². The molecule has 0 amide bonds. The van der Waals surface area contributed by atoms with Crippen LogP contribution in [0.25, 0.3) is 22.3 Å². The summed E-state index contributed by atoms with van der Waals surface area (Å²) in [5, 5.41) is 0. The summed E-state index contributed by atoms with van der Waals surface area (Å²) in [6.07, 6.45) is -0.0794. The van der Waals surface area contributed by atoms with Crippen molar-refractivity contribution in [2.24, 2.45) is 0 Å². The molecule has 0 saturated heterocycles. The number of fused-ring (bicyclic) bond motifs is 1. The number of hydrogen-bond acceptors (Lipinski definition) is 6. The first-order chi connectivity index (χ1) is 17.7. The fourth-order valence-electron chi connectivity index (χ4n) is 3.84. The van der Waals surface area contributed by atoms with E-state index in [0.29, 0.717) is 45.1 Å². The zero-order valence-corrected chi connectivity index (χ0v) is 19.0. The lowest BCUT2D eigenvalue weighted by atomic mass is 10.1. The van der Waals surface area contributed by atoms with Crippen LogP contribution in [0.5, 0.6) is 5.75 Å². The highest BCUT2D eigenvalue weighted by Gasteiger charge is 2.31. The molecule has 0 atom stereocenters. The third-order valence-corrected chi connectivity index (χ3v) is 5.54. The number of aromatic nitrogens is 5. The van der Waals surface area contributed by atoms with Gasteiger partial charge in [0.25, 0.3) is 0 Å². The molecule has 0 aliphatic carbocycles. The second-order valence-electron chi connectivity index (χ2n) is 8.13. The molecule has 0 unspecified atom stereocenters. The van der Waals surface area contributed by atoms with E-state index in [1.165, 1.54) is 30.5 Å². The number of benzene rings is 2. The Morgan fingerprint density at radius 3 is 2.35 bits per heavy atom. The molecule has 5 aromatic rings. The second-order valence-corrected chi connectivity index (χ2v) is 8.13. The standard InChI is InChI=1S/C26H18F3N5O3/c27-26(28,29)37-17-7-4-15(5-8-17)19-9-6-16(14-32-19)21(35)12-24-33-20-3-1-2-18(25(20)34-24)22(36)13-23-30-10-11-31-23/h1-11,14H,12-13H2,(H,30,31)(H,33,34). The third-order valence-electron chi connectivity index (χ3n) is 5.54. The maximum absolute atomic E-state index is 12.8. The summed E-state index contributed by atoms with van der Waals surface area (Å²) in [7, 11) is 0. The average molecular weight is 505 g/mol. The molecular formula is C26H18F3N5O3. The Hall–Kier alpha value is -4.80. The molecule has 0 radical (unpaired) electrons. The van der Waals surface area contributed by atoms with Crippen LogP contribution in [-0.4, -0.2) is 42.8 Å². The first-order valence-electron chi connectivity index (χ1n) is 11.1. The first-order valence-corrected chi connectivity index (χ1v) is 11.1. The molecule has 0 spiro atoms. The number of H-pyrrole nitrogens is 2. The first kappa shape index (κ1) is 23.9. The number of aromatic amines is 2. The van der Waals surface area contributed by atoms with E-state index in [1.807, 2.05) is 0 Å². The Morgan fingerprint density at radius 1 is 0.892 bits per heavy atom. The number of Topliss-reactive ketones (excluding diaryl/α,β-unsaturated/α-hetero) is 2. The predicted octanol–water partition coefficient (Wildman–Crippen LogP) is 5.10. The minimum absolute atomic E-state index is 0.0367. The molecule has 0 saturated carbocycles. The summed E-state index contributed by atoms with van der Waals surface area (Å²) in [5.41, 5.74) is 2.95. The highest BCUT2D eigenvalue weighted by molar-refractivity contribution is 6.07. The molecule has 11 heteroatoms. The van der Waals surface area contributed by atoms with Gasteiger partial charge in [0.15, 0.2) is 11.6 Å². The van der Waals surface area contributed by atoms with E-state index in [2.05, 4.69) is 29.7 Å². The molecule has 37 heavy (non-hydrogen) atoms. The number of nitrogens with zero attached hydrogens (tertiary/aromatic N) is 3. The second kappa shape index (κ2) is 9.69. The number of hydrogen-bond donors (Lipinski definition) is 2. The Balaban J connectivity index is 1.29. The van der Waals surface area contributed by atoms with Gasteiger partial charge in [0.1, 0.15) is 17.4 Å². The number of pyridine rings is 1. The van der Waals surface area contributed by atoms with Crippen LogP contribution in [0.15, 0.2) is 73.2 Å². The third kappa shape index (κ3) is 5.56. The number of carbonyl (C=O) groups excluding carboxylic acids is 2. The number of alkyl halides is 3. The van der Waals surface area contributed by atoms with Crippen LogP contribution in [0.3, 0.4) is 0 Å². The van der Waals surface area contributed by atoms with Gasteiger partial charge in [0, 0.05) is 35.3 Å². The number of carbonyl (C=O) groups is 2. The molecule has 3 heterocycles. The van der Waals surface area contributed by atoms with Crippen molar-refractivity contribution in [3.05, 3.63) is 96.0 Å². The largest absolute Gasteiger partial charge is 0.573 e. The molecule has 186 valence electrons. The van der Waals surface area contributed by atoms with E-state index in [4.69, 9.17) is 0 Å². The molecular weight excluding hydrogens is 487 g/mol. The van der Waals surface area contributed by atoms with Crippen LogP contribution >= 0.6 is 0 Å². The minimum Gasteiger partial charge on any atom is -0.406 e. The Kier molecular flexibility index (Phi) is 6.26. The van der Waals surface area contributed by atoms with Gasteiger partial charge in [-0.2, -0.15) is 0 Å². The Bertz CT molecular complexity index is 1560. The Morgan fingerprint density at radius 2 is 1.68 bits per heavy atom. The van der Waals surface area contributed by atoms with Crippen LogP contribution in [-0.2, 0) is 12.8 Å². The van der Waals surface area contributed by atoms with E-state index >= 15 is 0 Å². The number of ether oxygens (including phenoxy) is 1. The fraction of sp³-hybridized carbons (Fsp3) is 0.115. The summed E-state index contributed by atoms with van der Waals surface area (Å²) < 4.78 is 40.9. The zero-order valence-electron chi connectivity index (χ0n) is 19.0. The van der Waals surface area contributed by atoms with Gasteiger partial charge in [-0.1, -0.05) is 6.07 Å². The topological polar surface area (TPSA) is 114 Å². The van der Waals surface area contributed by atoms with Crippen molar-refractivity contribution in [2.75, 3.05) is 0 Å². The molecule has 3 aromatic heterocycles. The fourth-order valence-corrected chi connectivity index (χ4v) is 3.84. The normalized spacial score (nSPS) is 11.5. The number of nitrogens with one attached hydrogen (secondary N) is 2. The van der Waals surface area contributed by atoms with Gasteiger partial charge in [0.2, 0.25) is 0 Å². The molecule has 5 rings (SSSR count). The Labute approximate surface area is 207 Å². The number of imidazole rings is 2. The maximum Gasteiger partial charge on any atom is 0.573 e. The minimum atomic E-state index is -4.77. The maximum atomic E-state index is 12.8. The molecule has 0 bridgehead atoms.